The summed E-state index contributed by atoms with van der Waals surface area (Å²) in [6.45, 7) is 0. The molecule has 92 valence electrons. The summed E-state index contributed by atoms with van der Waals surface area (Å²) < 4.78 is 5.30. The maximum absolute atomic E-state index is 5.30. The van der Waals surface area contributed by atoms with Crippen LogP contribution >= 0.6 is 0 Å². The third kappa shape index (κ3) is 1.74. The summed E-state index contributed by atoms with van der Waals surface area (Å²) >= 11 is 0. The Labute approximate surface area is 108 Å². The molecule has 0 bridgehead atoms. The molecule has 0 N–H and O–H groups in total. The van der Waals surface area contributed by atoms with Crippen molar-refractivity contribution in [3.8, 4) is 5.75 Å². The lowest BCUT2D eigenvalue weighted by Gasteiger charge is -2.23. The number of nitrogens with zero attached hydrogens (tertiary/aromatic N) is 1. The normalized spacial score (nSPS) is 17.7. The van der Waals surface area contributed by atoms with E-state index in [1.165, 1.54) is 16.8 Å². The van der Waals surface area contributed by atoms with Crippen molar-refractivity contribution in [2.45, 2.75) is 12.5 Å². The van der Waals surface area contributed by atoms with Gasteiger partial charge in [0, 0.05) is 18.8 Å². The van der Waals surface area contributed by atoms with Gasteiger partial charge in [0.05, 0.1) is 13.2 Å². The van der Waals surface area contributed by atoms with Crippen LogP contribution < -0.4 is 9.64 Å². The lowest BCUT2D eigenvalue weighted by atomic mass is 10.0. The number of benzene rings is 2. The second-order valence-corrected chi connectivity index (χ2v) is 4.74. The molecular weight excluding hydrogens is 222 g/mol. The lowest BCUT2D eigenvalue weighted by Crippen LogP contribution is -2.19. The zero-order valence-electron chi connectivity index (χ0n) is 10.8. The first-order chi connectivity index (χ1) is 8.79. The molecule has 2 aromatic rings. The summed E-state index contributed by atoms with van der Waals surface area (Å²) in [6.07, 6.45) is 1.07. The summed E-state index contributed by atoms with van der Waals surface area (Å²) in [7, 11) is 3.87. The Morgan fingerprint density at radius 1 is 1.11 bits per heavy atom. The van der Waals surface area contributed by atoms with Crippen molar-refractivity contribution in [2.24, 2.45) is 0 Å². The summed E-state index contributed by atoms with van der Waals surface area (Å²) in [5, 5.41) is 0. The van der Waals surface area contributed by atoms with Crippen LogP contribution in [-0.4, -0.2) is 14.2 Å². The Morgan fingerprint density at radius 3 is 2.61 bits per heavy atom. The average Bonchev–Trinajstić information content (AvgIpc) is 2.77. The second-order valence-electron chi connectivity index (χ2n) is 4.74. The molecule has 3 rings (SSSR count). The zero-order chi connectivity index (χ0) is 12.5. The van der Waals surface area contributed by atoms with E-state index < -0.39 is 0 Å². The number of anilines is 1. The molecule has 1 aliphatic heterocycles. The monoisotopic (exact) mass is 239 g/mol. The molecule has 1 heterocycles. The lowest BCUT2D eigenvalue weighted by molar-refractivity contribution is 0.415. The highest BCUT2D eigenvalue weighted by Gasteiger charge is 2.27. The van der Waals surface area contributed by atoms with Crippen molar-refractivity contribution in [1.82, 2.24) is 0 Å². The molecule has 1 atom stereocenters. The van der Waals surface area contributed by atoms with Gasteiger partial charge in [0.1, 0.15) is 5.75 Å². The molecule has 0 amide bonds. The number of hydrogen-bond acceptors (Lipinski definition) is 2. The molecule has 2 heteroatoms. The molecule has 0 fully saturated rings. The van der Waals surface area contributed by atoms with E-state index in [1.807, 2.05) is 6.07 Å². The fraction of sp³-hybridized carbons (Fsp3) is 0.250. The van der Waals surface area contributed by atoms with Crippen molar-refractivity contribution in [3.05, 3.63) is 59.7 Å². The minimum atomic E-state index is 0.438. The van der Waals surface area contributed by atoms with Crippen molar-refractivity contribution in [2.75, 3.05) is 19.1 Å². The molecule has 1 aliphatic rings. The van der Waals surface area contributed by atoms with Crippen LogP contribution in [0, 0.1) is 0 Å². The van der Waals surface area contributed by atoms with E-state index in [2.05, 4.69) is 54.4 Å². The fourth-order valence-electron chi connectivity index (χ4n) is 2.70. The highest BCUT2D eigenvalue weighted by molar-refractivity contribution is 5.62. The maximum Gasteiger partial charge on any atom is 0.120 e. The van der Waals surface area contributed by atoms with Crippen molar-refractivity contribution < 1.29 is 4.74 Å². The fourth-order valence-corrected chi connectivity index (χ4v) is 2.70. The van der Waals surface area contributed by atoms with Gasteiger partial charge in [0.15, 0.2) is 0 Å². The van der Waals surface area contributed by atoms with Gasteiger partial charge < -0.3 is 9.64 Å². The van der Waals surface area contributed by atoms with E-state index in [0.29, 0.717) is 6.04 Å². The van der Waals surface area contributed by atoms with Crippen LogP contribution in [0.5, 0.6) is 5.75 Å². The van der Waals surface area contributed by atoms with Crippen molar-refractivity contribution in [3.63, 3.8) is 0 Å². The average molecular weight is 239 g/mol. The molecular formula is C16H17NO. The van der Waals surface area contributed by atoms with Crippen LogP contribution in [0.2, 0.25) is 0 Å². The SMILES string of the molecule is COc1ccc2c(c1)N(C)C(c1ccccc1)C2. The van der Waals surface area contributed by atoms with E-state index in [4.69, 9.17) is 4.74 Å². The van der Waals surface area contributed by atoms with Gasteiger partial charge in [-0.1, -0.05) is 36.4 Å². The van der Waals surface area contributed by atoms with Crippen LogP contribution in [-0.2, 0) is 6.42 Å². The Morgan fingerprint density at radius 2 is 1.89 bits per heavy atom. The molecule has 1 unspecified atom stereocenters. The van der Waals surface area contributed by atoms with Crippen LogP contribution in [0.15, 0.2) is 48.5 Å². The molecule has 0 aliphatic carbocycles. The number of methoxy groups -OCH3 is 1. The minimum Gasteiger partial charge on any atom is -0.497 e. The van der Waals surface area contributed by atoms with Gasteiger partial charge in [-0.3, -0.25) is 0 Å². The number of rotatable bonds is 2. The largest absolute Gasteiger partial charge is 0.497 e. The predicted molar refractivity (Wildman–Crippen MR) is 74.3 cm³/mol. The molecule has 0 spiro atoms. The van der Waals surface area contributed by atoms with Gasteiger partial charge in [-0.2, -0.15) is 0 Å². The van der Waals surface area contributed by atoms with Crippen molar-refractivity contribution >= 4 is 5.69 Å². The van der Waals surface area contributed by atoms with Gasteiger partial charge in [-0.05, 0) is 23.6 Å². The standard InChI is InChI=1S/C16H17NO/c1-17-15(12-6-4-3-5-7-12)10-13-8-9-14(18-2)11-16(13)17/h3-9,11,15H,10H2,1-2H3. The summed E-state index contributed by atoms with van der Waals surface area (Å²) in [5.41, 5.74) is 4.05. The summed E-state index contributed by atoms with van der Waals surface area (Å²) in [4.78, 5) is 2.34. The Bertz CT molecular complexity index is 550. The maximum atomic E-state index is 5.30. The smallest absolute Gasteiger partial charge is 0.120 e. The molecule has 2 aromatic carbocycles. The zero-order valence-corrected chi connectivity index (χ0v) is 10.8. The number of ether oxygens (including phenoxy) is 1. The predicted octanol–water partition coefficient (Wildman–Crippen LogP) is 3.43. The molecule has 2 nitrogen and oxygen atoms in total. The van der Waals surface area contributed by atoms with E-state index in [1.54, 1.807) is 7.11 Å². The molecule has 0 radical (unpaired) electrons. The third-order valence-electron chi connectivity index (χ3n) is 3.74. The number of fused-ring (bicyclic) bond motifs is 1. The summed E-state index contributed by atoms with van der Waals surface area (Å²) in [5.74, 6) is 0.925. The van der Waals surface area contributed by atoms with E-state index in [9.17, 15) is 0 Å². The van der Waals surface area contributed by atoms with Gasteiger partial charge in [-0.15, -0.1) is 0 Å². The Hall–Kier alpha value is -1.96. The molecule has 0 aromatic heterocycles. The van der Waals surface area contributed by atoms with Crippen LogP contribution in [0.1, 0.15) is 17.2 Å². The second kappa shape index (κ2) is 4.37. The van der Waals surface area contributed by atoms with Crippen LogP contribution in [0.4, 0.5) is 5.69 Å². The van der Waals surface area contributed by atoms with Gasteiger partial charge in [-0.25, -0.2) is 0 Å². The Kier molecular flexibility index (Phi) is 2.71. The highest BCUT2D eigenvalue weighted by Crippen LogP contribution is 2.40. The summed E-state index contributed by atoms with van der Waals surface area (Å²) in [6, 6.07) is 17.4. The Balaban J connectivity index is 1.96. The minimum absolute atomic E-state index is 0.438. The molecule has 0 saturated carbocycles. The van der Waals surface area contributed by atoms with Gasteiger partial charge in [0.25, 0.3) is 0 Å². The number of hydrogen-bond donors (Lipinski definition) is 0. The molecule has 0 saturated heterocycles. The highest BCUT2D eigenvalue weighted by atomic mass is 16.5. The van der Waals surface area contributed by atoms with Crippen LogP contribution in [0.3, 0.4) is 0 Å². The van der Waals surface area contributed by atoms with E-state index in [-0.39, 0.29) is 0 Å². The number of likely N-dealkylation sites (N-methyl/N-ethyl adjacent to an activating group) is 1. The van der Waals surface area contributed by atoms with Gasteiger partial charge >= 0.3 is 0 Å². The van der Waals surface area contributed by atoms with Crippen molar-refractivity contribution in [1.29, 1.82) is 0 Å². The first-order valence-electron chi connectivity index (χ1n) is 6.24. The van der Waals surface area contributed by atoms with E-state index >= 15 is 0 Å². The third-order valence-corrected chi connectivity index (χ3v) is 3.74. The topological polar surface area (TPSA) is 12.5 Å². The first kappa shape index (κ1) is 11.1. The van der Waals surface area contributed by atoms with Crippen LogP contribution in [0.25, 0.3) is 0 Å². The quantitative estimate of drug-likeness (QED) is 0.796. The van der Waals surface area contributed by atoms with E-state index in [0.717, 1.165) is 12.2 Å². The van der Waals surface area contributed by atoms with Gasteiger partial charge in [0.2, 0.25) is 0 Å². The first-order valence-corrected chi connectivity index (χ1v) is 6.24. The molecule has 18 heavy (non-hydrogen) atoms.